The summed E-state index contributed by atoms with van der Waals surface area (Å²) in [5.41, 5.74) is 1.27. The van der Waals surface area contributed by atoms with E-state index in [-0.39, 0.29) is 6.09 Å². The summed E-state index contributed by atoms with van der Waals surface area (Å²) in [6, 6.07) is 3.92. The highest BCUT2D eigenvalue weighted by Crippen LogP contribution is 2.25. The van der Waals surface area contributed by atoms with Gasteiger partial charge >= 0.3 is 6.09 Å². The number of ether oxygens (including phenoxy) is 1. The van der Waals surface area contributed by atoms with Gasteiger partial charge in [0.2, 0.25) is 0 Å². The molecule has 0 saturated carbocycles. The van der Waals surface area contributed by atoms with Gasteiger partial charge in [0.05, 0.1) is 11.7 Å². The molecule has 4 heterocycles. The van der Waals surface area contributed by atoms with Crippen LogP contribution >= 0.6 is 0 Å². The van der Waals surface area contributed by atoms with E-state index in [1.165, 1.54) is 0 Å². The number of fused-ring (bicyclic) bond motifs is 1. The van der Waals surface area contributed by atoms with Gasteiger partial charge in [-0.1, -0.05) is 5.16 Å². The Hall–Kier alpha value is -2.90. The maximum atomic E-state index is 12.2. The molecule has 28 heavy (non-hydrogen) atoms. The molecule has 3 aromatic rings. The molecule has 1 aliphatic heterocycles. The van der Waals surface area contributed by atoms with Crippen molar-refractivity contribution in [2.24, 2.45) is 5.92 Å². The number of carbonyl (C=O) groups is 1. The van der Waals surface area contributed by atoms with E-state index in [0.717, 1.165) is 35.9 Å². The Bertz CT molecular complexity index is 931. The summed E-state index contributed by atoms with van der Waals surface area (Å²) in [7, 11) is 0. The predicted molar refractivity (Wildman–Crippen MR) is 104 cm³/mol. The van der Waals surface area contributed by atoms with Crippen LogP contribution in [0.15, 0.2) is 29.0 Å². The maximum Gasteiger partial charge on any atom is 0.410 e. The number of hydrogen-bond acceptors (Lipinski definition) is 6. The van der Waals surface area contributed by atoms with Gasteiger partial charge in [-0.3, -0.25) is 4.98 Å². The minimum Gasteiger partial charge on any atom is -0.444 e. The Balaban J connectivity index is 1.34. The first-order valence-corrected chi connectivity index (χ1v) is 9.61. The van der Waals surface area contributed by atoms with Gasteiger partial charge in [0.25, 0.3) is 5.89 Å². The smallest absolute Gasteiger partial charge is 0.410 e. The average molecular weight is 383 g/mol. The van der Waals surface area contributed by atoms with Crippen LogP contribution in [-0.4, -0.2) is 49.8 Å². The van der Waals surface area contributed by atoms with Gasteiger partial charge in [-0.15, -0.1) is 0 Å². The second kappa shape index (κ2) is 7.26. The normalized spacial score (nSPS) is 15.9. The summed E-state index contributed by atoms with van der Waals surface area (Å²) < 4.78 is 10.9. The molecule has 0 aromatic carbocycles. The quantitative estimate of drug-likeness (QED) is 0.739. The number of aromatic nitrogens is 4. The molecule has 0 unspecified atom stereocenters. The van der Waals surface area contributed by atoms with Crippen LogP contribution < -0.4 is 0 Å². The number of piperidine rings is 1. The Morgan fingerprint density at radius 3 is 2.86 bits per heavy atom. The van der Waals surface area contributed by atoms with Gasteiger partial charge in [0, 0.05) is 31.1 Å². The first-order chi connectivity index (χ1) is 13.4. The monoisotopic (exact) mass is 383 g/mol. The molecule has 1 aliphatic rings. The van der Waals surface area contributed by atoms with E-state index < -0.39 is 5.60 Å². The molecule has 1 N–H and O–H groups in total. The zero-order valence-electron chi connectivity index (χ0n) is 16.4. The Labute approximate surface area is 163 Å². The Kier molecular flexibility index (Phi) is 4.78. The third kappa shape index (κ3) is 4.16. The van der Waals surface area contributed by atoms with E-state index in [9.17, 15) is 4.79 Å². The molecule has 4 rings (SSSR count). The molecule has 8 heteroatoms. The number of H-pyrrole nitrogens is 1. The van der Waals surface area contributed by atoms with Crippen molar-refractivity contribution in [3.05, 3.63) is 30.4 Å². The predicted octanol–water partition coefficient (Wildman–Crippen LogP) is 3.80. The van der Waals surface area contributed by atoms with Gasteiger partial charge in [0.1, 0.15) is 11.3 Å². The van der Waals surface area contributed by atoms with Crippen LogP contribution in [0.25, 0.3) is 22.5 Å². The van der Waals surface area contributed by atoms with Gasteiger partial charge in [-0.05, 0) is 51.7 Å². The summed E-state index contributed by atoms with van der Waals surface area (Å²) in [6.07, 6.45) is 5.84. The van der Waals surface area contributed by atoms with Crippen molar-refractivity contribution in [1.82, 2.24) is 25.0 Å². The molecule has 0 spiro atoms. The van der Waals surface area contributed by atoms with Gasteiger partial charge in [0.15, 0.2) is 5.82 Å². The van der Waals surface area contributed by atoms with Crippen LogP contribution in [0.5, 0.6) is 0 Å². The van der Waals surface area contributed by atoms with Crippen LogP contribution in [0.2, 0.25) is 0 Å². The zero-order chi connectivity index (χ0) is 19.7. The molecule has 148 valence electrons. The van der Waals surface area contributed by atoms with Crippen molar-refractivity contribution in [1.29, 1.82) is 0 Å². The van der Waals surface area contributed by atoms with Crippen molar-refractivity contribution in [2.45, 2.75) is 45.6 Å². The molecule has 0 atom stereocenters. The number of pyridine rings is 1. The van der Waals surface area contributed by atoms with Gasteiger partial charge in [-0.25, -0.2) is 4.79 Å². The van der Waals surface area contributed by atoms with Crippen LogP contribution in [0, 0.1) is 5.92 Å². The second-order valence-corrected chi connectivity index (χ2v) is 8.28. The number of aromatic amines is 1. The van der Waals surface area contributed by atoms with Gasteiger partial charge in [-0.2, -0.15) is 4.98 Å². The lowest BCUT2D eigenvalue weighted by Gasteiger charge is -2.33. The number of likely N-dealkylation sites (tertiary alicyclic amines) is 1. The van der Waals surface area contributed by atoms with Crippen molar-refractivity contribution < 1.29 is 14.1 Å². The summed E-state index contributed by atoms with van der Waals surface area (Å²) in [5, 5.41) is 5.19. The van der Waals surface area contributed by atoms with Crippen molar-refractivity contribution in [3.8, 4) is 11.6 Å². The molecule has 1 fully saturated rings. The number of rotatable bonds is 3. The fraction of sp³-hybridized carbons (Fsp3) is 0.500. The number of nitrogens with one attached hydrogen (secondary N) is 1. The number of nitrogens with zero attached hydrogens (tertiary/aromatic N) is 4. The first-order valence-electron chi connectivity index (χ1n) is 9.61. The van der Waals surface area contributed by atoms with E-state index in [4.69, 9.17) is 9.26 Å². The van der Waals surface area contributed by atoms with E-state index in [0.29, 0.717) is 30.7 Å². The SMILES string of the molecule is CC(C)(C)OC(=O)N1CCC(Cc2noc(-c3cc4ccncc4[nH]3)n2)CC1. The fourth-order valence-corrected chi connectivity index (χ4v) is 3.44. The standard InChI is InChI=1S/C20H25N5O3/c1-20(2,3)27-19(26)25-8-5-13(6-9-25)10-17-23-18(28-24-17)15-11-14-4-7-21-12-16(14)22-15/h4,7,11-13,22H,5-6,8-10H2,1-3H3. The van der Waals surface area contributed by atoms with Crippen molar-refractivity contribution >= 4 is 17.0 Å². The lowest BCUT2D eigenvalue weighted by atomic mass is 9.93. The molecule has 1 amide bonds. The van der Waals surface area contributed by atoms with E-state index in [1.54, 1.807) is 17.3 Å². The fourth-order valence-electron chi connectivity index (χ4n) is 3.44. The highest BCUT2D eigenvalue weighted by molar-refractivity contribution is 5.83. The molecular weight excluding hydrogens is 358 g/mol. The third-order valence-corrected chi connectivity index (χ3v) is 4.86. The molecular formula is C20H25N5O3. The number of hydrogen-bond donors (Lipinski definition) is 1. The minimum atomic E-state index is -0.465. The summed E-state index contributed by atoms with van der Waals surface area (Å²) in [6.45, 7) is 7.04. The van der Waals surface area contributed by atoms with Gasteiger partial charge < -0.3 is 19.1 Å². The average Bonchev–Trinajstić information content (AvgIpc) is 3.27. The highest BCUT2D eigenvalue weighted by atomic mass is 16.6. The van der Waals surface area contributed by atoms with Crippen LogP contribution in [0.1, 0.15) is 39.4 Å². The molecule has 0 bridgehead atoms. The summed E-state index contributed by atoms with van der Waals surface area (Å²) >= 11 is 0. The summed E-state index contributed by atoms with van der Waals surface area (Å²) in [4.78, 5) is 25.8. The Morgan fingerprint density at radius 2 is 2.14 bits per heavy atom. The van der Waals surface area contributed by atoms with Crippen LogP contribution in [0.3, 0.4) is 0 Å². The largest absolute Gasteiger partial charge is 0.444 e. The minimum absolute atomic E-state index is 0.235. The van der Waals surface area contributed by atoms with Crippen molar-refractivity contribution in [3.63, 3.8) is 0 Å². The lowest BCUT2D eigenvalue weighted by molar-refractivity contribution is 0.0183. The molecule has 1 saturated heterocycles. The Morgan fingerprint density at radius 1 is 1.36 bits per heavy atom. The van der Waals surface area contributed by atoms with Crippen molar-refractivity contribution in [2.75, 3.05) is 13.1 Å². The first kappa shape index (κ1) is 18.5. The molecule has 3 aromatic heterocycles. The topological polar surface area (TPSA) is 97.1 Å². The zero-order valence-corrected chi connectivity index (χ0v) is 16.4. The number of amides is 1. The van der Waals surface area contributed by atoms with E-state index in [1.807, 2.05) is 32.9 Å². The number of carbonyl (C=O) groups excluding carboxylic acids is 1. The second-order valence-electron chi connectivity index (χ2n) is 8.28. The van der Waals surface area contributed by atoms with Crippen LogP contribution in [-0.2, 0) is 11.2 Å². The highest BCUT2D eigenvalue weighted by Gasteiger charge is 2.27. The molecule has 0 radical (unpaired) electrons. The van der Waals surface area contributed by atoms with E-state index >= 15 is 0 Å². The van der Waals surface area contributed by atoms with Crippen LogP contribution in [0.4, 0.5) is 4.79 Å². The van der Waals surface area contributed by atoms with E-state index in [2.05, 4.69) is 20.1 Å². The summed E-state index contributed by atoms with van der Waals surface area (Å²) in [5.74, 6) is 1.61. The maximum absolute atomic E-state index is 12.2. The molecule has 8 nitrogen and oxygen atoms in total. The lowest BCUT2D eigenvalue weighted by Crippen LogP contribution is -2.42. The molecule has 0 aliphatic carbocycles. The third-order valence-electron chi connectivity index (χ3n) is 4.86.